The maximum absolute atomic E-state index is 12.9. The number of anilines is 1. The number of benzene rings is 1. The second-order valence-corrected chi connectivity index (χ2v) is 8.60. The molecule has 0 saturated carbocycles. The molecule has 2 heterocycles. The first kappa shape index (κ1) is 18.4. The molecule has 1 aromatic carbocycles. The minimum atomic E-state index is -3.43. The van der Waals surface area contributed by atoms with E-state index < -0.39 is 10.2 Å². The summed E-state index contributed by atoms with van der Waals surface area (Å²) in [6.07, 6.45) is -0.145. The standard InChI is InChI=1S/C17H27N3O4S/c1-14-12-20(13-15(2)24-14)25(21,22)19-9-7-18(8-10-19)16-5-4-6-17(11-16)23-3/h4-6,11,14-15H,7-10,12-13H2,1-3H3. The number of rotatable bonds is 4. The number of hydrogen-bond donors (Lipinski definition) is 0. The molecular formula is C17H27N3O4S. The van der Waals surface area contributed by atoms with E-state index in [9.17, 15) is 8.42 Å². The van der Waals surface area contributed by atoms with Gasteiger partial charge in [-0.2, -0.15) is 17.0 Å². The Morgan fingerprint density at radius 2 is 1.68 bits per heavy atom. The normalized spacial score (nSPS) is 26.6. The molecule has 2 saturated heterocycles. The van der Waals surface area contributed by atoms with Gasteiger partial charge in [0.25, 0.3) is 10.2 Å². The Balaban J connectivity index is 1.65. The Kier molecular flexibility index (Phi) is 5.52. The Morgan fingerprint density at radius 1 is 1.04 bits per heavy atom. The Morgan fingerprint density at radius 3 is 2.28 bits per heavy atom. The molecule has 0 aliphatic carbocycles. The molecule has 1 aromatic rings. The van der Waals surface area contributed by atoms with Crippen LogP contribution in [0.5, 0.6) is 5.75 Å². The van der Waals surface area contributed by atoms with Gasteiger partial charge in [0, 0.05) is 51.0 Å². The van der Waals surface area contributed by atoms with Gasteiger partial charge in [-0.3, -0.25) is 0 Å². The van der Waals surface area contributed by atoms with Gasteiger partial charge in [0.1, 0.15) is 5.75 Å². The molecule has 140 valence electrons. The van der Waals surface area contributed by atoms with Crippen LogP contribution in [0, 0.1) is 0 Å². The summed E-state index contributed by atoms with van der Waals surface area (Å²) in [5.74, 6) is 0.809. The topological polar surface area (TPSA) is 62.3 Å². The zero-order valence-electron chi connectivity index (χ0n) is 15.1. The third-order valence-electron chi connectivity index (χ3n) is 4.70. The highest BCUT2D eigenvalue weighted by molar-refractivity contribution is 7.86. The number of morpholine rings is 1. The van der Waals surface area contributed by atoms with Crippen LogP contribution >= 0.6 is 0 Å². The molecule has 2 aliphatic heterocycles. The lowest BCUT2D eigenvalue weighted by Gasteiger charge is -2.40. The summed E-state index contributed by atoms with van der Waals surface area (Å²) in [7, 11) is -1.79. The van der Waals surface area contributed by atoms with Crippen molar-refractivity contribution in [2.24, 2.45) is 0 Å². The van der Waals surface area contributed by atoms with Gasteiger partial charge in [0.05, 0.1) is 19.3 Å². The van der Waals surface area contributed by atoms with Gasteiger partial charge in [-0.15, -0.1) is 0 Å². The predicted molar refractivity (Wildman–Crippen MR) is 97.3 cm³/mol. The molecule has 0 radical (unpaired) electrons. The molecule has 0 aromatic heterocycles. The Bertz CT molecular complexity index is 679. The minimum absolute atomic E-state index is 0.0726. The zero-order chi connectivity index (χ0) is 18.0. The van der Waals surface area contributed by atoms with Crippen LogP contribution in [0.15, 0.2) is 24.3 Å². The lowest BCUT2D eigenvalue weighted by Crippen LogP contribution is -2.57. The average molecular weight is 369 g/mol. The van der Waals surface area contributed by atoms with Crippen molar-refractivity contribution in [1.29, 1.82) is 0 Å². The molecule has 2 unspecified atom stereocenters. The highest BCUT2D eigenvalue weighted by Gasteiger charge is 2.36. The summed E-state index contributed by atoms with van der Waals surface area (Å²) in [5, 5.41) is 0. The summed E-state index contributed by atoms with van der Waals surface area (Å²) in [6, 6.07) is 7.87. The fourth-order valence-corrected chi connectivity index (χ4v) is 5.21. The molecule has 2 atom stereocenters. The van der Waals surface area contributed by atoms with Crippen molar-refractivity contribution in [3.63, 3.8) is 0 Å². The van der Waals surface area contributed by atoms with E-state index in [1.807, 2.05) is 38.1 Å². The minimum Gasteiger partial charge on any atom is -0.497 e. The van der Waals surface area contributed by atoms with Crippen LogP contribution in [0.2, 0.25) is 0 Å². The highest BCUT2D eigenvalue weighted by atomic mass is 32.2. The molecule has 8 heteroatoms. The van der Waals surface area contributed by atoms with E-state index in [0.717, 1.165) is 11.4 Å². The van der Waals surface area contributed by atoms with E-state index in [-0.39, 0.29) is 12.2 Å². The maximum atomic E-state index is 12.9. The lowest BCUT2D eigenvalue weighted by atomic mass is 10.2. The van der Waals surface area contributed by atoms with Gasteiger partial charge in [-0.25, -0.2) is 0 Å². The van der Waals surface area contributed by atoms with E-state index in [2.05, 4.69) is 4.90 Å². The zero-order valence-corrected chi connectivity index (χ0v) is 15.9. The van der Waals surface area contributed by atoms with Crippen molar-refractivity contribution in [1.82, 2.24) is 8.61 Å². The number of piperazine rings is 1. The van der Waals surface area contributed by atoms with Gasteiger partial charge >= 0.3 is 0 Å². The van der Waals surface area contributed by atoms with Crippen molar-refractivity contribution < 1.29 is 17.9 Å². The first-order valence-electron chi connectivity index (χ1n) is 8.70. The quantitative estimate of drug-likeness (QED) is 0.797. The molecule has 25 heavy (non-hydrogen) atoms. The summed E-state index contributed by atoms with van der Waals surface area (Å²) in [5.41, 5.74) is 1.06. The molecule has 2 aliphatic rings. The first-order chi connectivity index (χ1) is 11.9. The smallest absolute Gasteiger partial charge is 0.282 e. The van der Waals surface area contributed by atoms with Crippen LogP contribution in [0.25, 0.3) is 0 Å². The van der Waals surface area contributed by atoms with Gasteiger partial charge in [0.2, 0.25) is 0 Å². The lowest BCUT2D eigenvalue weighted by molar-refractivity contribution is -0.0455. The fourth-order valence-electron chi connectivity index (χ4n) is 3.47. The fraction of sp³-hybridized carbons (Fsp3) is 0.647. The monoisotopic (exact) mass is 369 g/mol. The summed E-state index contributed by atoms with van der Waals surface area (Å²) >= 11 is 0. The molecule has 0 spiro atoms. The van der Waals surface area contributed by atoms with E-state index >= 15 is 0 Å². The number of hydrogen-bond acceptors (Lipinski definition) is 5. The van der Waals surface area contributed by atoms with E-state index in [1.165, 1.54) is 0 Å². The molecule has 0 bridgehead atoms. The van der Waals surface area contributed by atoms with Crippen molar-refractivity contribution in [2.45, 2.75) is 26.1 Å². The predicted octanol–water partition coefficient (Wildman–Crippen LogP) is 1.17. The Hall–Kier alpha value is -1.35. The third-order valence-corrected chi connectivity index (χ3v) is 6.66. The Labute approximate surface area is 150 Å². The van der Waals surface area contributed by atoms with Gasteiger partial charge in [0.15, 0.2) is 0 Å². The van der Waals surface area contributed by atoms with Gasteiger partial charge in [-0.1, -0.05) is 6.07 Å². The number of ether oxygens (including phenoxy) is 2. The van der Waals surface area contributed by atoms with E-state index in [4.69, 9.17) is 9.47 Å². The maximum Gasteiger partial charge on any atom is 0.282 e. The van der Waals surface area contributed by atoms with Crippen molar-refractivity contribution >= 4 is 15.9 Å². The molecule has 0 amide bonds. The van der Waals surface area contributed by atoms with Crippen molar-refractivity contribution in [3.05, 3.63) is 24.3 Å². The SMILES string of the molecule is COc1cccc(N2CCN(S(=O)(=O)N3CC(C)OC(C)C3)CC2)c1. The highest BCUT2D eigenvalue weighted by Crippen LogP contribution is 2.24. The average Bonchev–Trinajstić information content (AvgIpc) is 2.61. The summed E-state index contributed by atoms with van der Waals surface area (Å²) in [6.45, 7) is 6.98. The van der Waals surface area contributed by atoms with Crippen LogP contribution in [0.1, 0.15) is 13.8 Å². The van der Waals surface area contributed by atoms with Crippen LogP contribution in [-0.4, -0.2) is 75.6 Å². The van der Waals surface area contributed by atoms with Crippen molar-refractivity contribution in [3.8, 4) is 5.75 Å². The molecule has 0 N–H and O–H groups in total. The third kappa shape index (κ3) is 4.08. The van der Waals surface area contributed by atoms with Gasteiger partial charge < -0.3 is 14.4 Å². The summed E-state index contributed by atoms with van der Waals surface area (Å²) in [4.78, 5) is 2.19. The van der Waals surface area contributed by atoms with Gasteiger partial charge in [-0.05, 0) is 26.0 Å². The summed E-state index contributed by atoms with van der Waals surface area (Å²) < 4.78 is 39.9. The van der Waals surface area contributed by atoms with Crippen molar-refractivity contribution in [2.75, 3.05) is 51.3 Å². The number of methoxy groups -OCH3 is 1. The molecule has 3 rings (SSSR count). The molecule has 7 nitrogen and oxygen atoms in total. The second-order valence-electron chi connectivity index (χ2n) is 6.67. The van der Waals surface area contributed by atoms with Crippen LogP contribution in [0.3, 0.4) is 0 Å². The van der Waals surface area contributed by atoms with Crippen LogP contribution in [0.4, 0.5) is 5.69 Å². The first-order valence-corrected chi connectivity index (χ1v) is 10.1. The van der Waals surface area contributed by atoms with Crippen LogP contribution < -0.4 is 9.64 Å². The van der Waals surface area contributed by atoms with E-state index in [1.54, 1.807) is 15.7 Å². The molecule has 2 fully saturated rings. The number of nitrogens with zero attached hydrogens (tertiary/aromatic N) is 3. The molecular weight excluding hydrogens is 342 g/mol. The van der Waals surface area contributed by atoms with E-state index in [0.29, 0.717) is 39.3 Å². The largest absolute Gasteiger partial charge is 0.497 e. The second kappa shape index (κ2) is 7.49. The van der Waals surface area contributed by atoms with Crippen LogP contribution in [-0.2, 0) is 14.9 Å².